The molecule has 1 unspecified atom stereocenters. The number of rotatable bonds is 3. The third-order valence-electron chi connectivity index (χ3n) is 5.15. The zero-order valence-corrected chi connectivity index (χ0v) is 15.1. The summed E-state index contributed by atoms with van der Waals surface area (Å²) in [5.41, 5.74) is 0.0829. The molecule has 8 nitrogen and oxygen atoms in total. The zero-order valence-electron chi connectivity index (χ0n) is 15.1. The van der Waals surface area contributed by atoms with E-state index in [9.17, 15) is 19.7 Å². The first kappa shape index (κ1) is 18.2. The van der Waals surface area contributed by atoms with Gasteiger partial charge in [-0.15, -0.1) is 0 Å². The van der Waals surface area contributed by atoms with E-state index in [1.165, 1.54) is 12.1 Å². The number of carbonyl (C=O) groups excluding carboxylic acids is 2. The summed E-state index contributed by atoms with van der Waals surface area (Å²) in [5.74, 6) is -2.20. The quantitative estimate of drug-likeness (QED) is 0.258. The van der Waals surface area contributed by atoms with Gasteiger partial charge in [0, 0.05) is 25.3 Å². The van der Waals surface area contributed by atoms with Crippen LogP contribution < -0.4 is 0 Å². The molecule has 0 N–H and O–H groups in total. The van der Waals surface area contributed by atoms with Crippen LogP contribution in [0.2, 0.25) is 0 Å². The van der Waals surface area contributed by atoms with Crippen molar-refractivity contribution in [2.75, 3.05) is 0 Å². The maximum atomic E-state index is 12.4. The van der Waals surface area contributed by atoms with Gasteiger partial charge in [0.2, 0.25) is 0 Å². The molecule has 2 heterocycles. The second-order valence-electron chi connectivity index (χ2n) is 7.07. The van der Waals surface area contributed by atoms with E-state index in [1.807, 2.05) is 0 Å². The number of hydrogen-bond acceptors (Lipinski definition) is 7. The summed E-state index contributed by atoms with van der Waals surface area (Å²) in [6.45, 7) is 0. The lowest BCUT2D eigenvalue weighted by molar-refractivity contribution is -0.385. The van der Waals surface area contributed by atoms with Crippen LogP contribution in [0.15, 0.2) is 42.0 Å². The van der Waals surface area contributed by atoms with Gasteiger partial charge in [-0.2, -0.15) is 0 Å². The predicted octanol–water partition coefficient (Wildman–Crippen LogP) is 3.41. The molecule has 0 radical (unpaired) electrons. The number of carbonyl (C=O) groups is 2. The summed E-state index contributed by atoms with van der Waals surface area (Å²) in [5, 5.41) is 11.2. The van der Waals surface area contributed by atoms with E-state index in [2.05, 4.69) is 0 Å². The predicted molar refractivity (Wildman–Crippen MR) is 96.6 cm³/mol. The van der Waals surface area contributed by atoms with Crippen molar-refractivity contribution in [3.05, 3.63) is 57.7 Å². The van der Waals surface area contributed by atoms with Crippen LogP contribution in [0.4, 0.5) is 5.69 Å². The minimum absolute atomic E-state index is 0.0715. The number of nitrogens with zero attached hydrogens (tertiary/aromatic N) is 1. The Morgan fingerprint density at radius 3 is 2.43 bits per heavy atom. The molecule has 1 aromatic rings. The maximum Gasteiger partial charge on any atom is 0.348 e. The highest BCUT2D eigenvalue weighted by atomic mass is 16.7. The van der Waals surface area contributed by atoms with Gasteiger partial charge in [-0.3, -0.25) is 10.1 Å². The molecule has 2 fully saturated rings. The maximum absolute atomic E-state index is 12.4. The molecule has 1 saturated heterocycles. The summed E-state index contributed by atoms with van der Waals surface area (Å²) in [7, 11) is 0. The Bertz CT molecular complexity index is 874. The van der Waals surface area contributed by atoms with E-state index in [0.29, 0.717) is 30.6 Å². The van der Waals surface area contributed by atoms with Gasteiger partial charge >= 0.3 is 11.9 Å². The summed E-state index contributed by atoms with van der Waals surface area (Å²) in [6.07, 6.45) is 6.58. The molecule has 0 bridgehead atoms. The second kappa shape index (κ2) is 7.10. The number of esters is 2. The fourth-order valence-corrected chi connectivity index (χ4v) is 3.77. The molecule has 3 aliphatic rings. The average Bonchev–Trinajstić information content (AvgIpc) is 3.14. The Morgan fingerprint density at radius 2 is 1.75 bits per heavy atom. The smallest absolute Gasteiger partial charge is 0.348 e. The first-order valence-electron chi connectivity index (χ1n) is 9.26. The standard InChI is InChI=1S/C20H19NO7/c22-18-15(19(23)28-20(27-18)10-4-1-5-11-20)12-13-8-9-17(26-13)14-6-2-3-7-16(14)21(24)25/h2-3,6-7,9,12-13H,1,4-5,8,10-11H2. The highest BCUT2D eigenvalue weighted by Gasteiger charge is 2.47. The van der Waals surface area contributed by atoms with Gasteiger partial charge in [0.05, 0.1) is 10.5 Å². The van der Waals surface area contributed by atoms with E-state index >= 15 is 0 Å². The van der Waals surface area contributed by atoms with E-state index in [0.717, 1.165) is 19.3 Å². The third kappa shape index (κ3) is 3.37. The molecule has 1 aromatic carbocycles. The van der Waals surface area contributed by atoms with Crippen LogP contribution in [0.5, 0.6) is 0 Å². The Hall–Kier alpha value is -3.16. The summed E-state index contributed by atoms with van der Waals surface area (Å²) >= 11 is 0. The number of nitro groups is 1. The molecule has 28 heavy (non-hydrogen) atoms. The van der Waals surface area contributed by atoms with Gasteiger partial charge in [0.15, 0.2) is 0 Å². The second-order valence-corrected chi connectivity index (χ2v) is 7.07. The molecule has 1 aliphatic carbocycles. The lowest BCUT2D eigenvalue weighted by Gasteiger charge is -2.38. The van der Waals surface area contributed by atoms with Gasteiger partial charge in [-0.1, -0.05) is 18.6 Å². The number of benzene rings is 1. The Labute approximate surface area is 160 Å². The molecule has 2 aliphatic heterocycles. The van der Waals surface area contributed by atoms with Crippen LogP contribution in [-0.2, 0) is 23.8 Å². The number of hydrogen-bond donors (Lipinski definition) is 0. The fraction of sp³-hybridized carbons (Fsp3) is 0.400. The summed E-state index contributed by atoms with van der Waals surface area (Å²) in [4.78, 5) is 35.5. The van der Waals surface area contributed by atoms with Crippen molar-refractivity contribution >= 4 is 23.4 Å². The first-order valence-corrected chi connectivity index (χ1v) is 9.26. The summed E-state index contributed by atoms with van der Waals surface area (Å²) < 4.78 is 16.7. The van der Waals surface area contributed by atoms with E-state index in [4.69, 9.17) is 14.2 Å². The van der Waals surface area contributed by atoms with Crippen LogP contribution >= 0.6 is 0 Å². The lowest BCUT2D eigenvalue weighted by atomic mass is 9.93. The topological polar surface area (TPSA) is 105 Å². The largest absolute Gasteiger partial charge is 0.485 e. The van der Waals surface area contributed by atoms with E-state index in [-0.39, 0.29) is 11.3 Å². The van der Waals surface area contributed by atoms with Gasteiger partial charge in [-0.05, 0) is 31.1 Å². The zero-order chi connectivity index (χ0) is 19.7. The Morgan fingerprint density at radius 1 is 1.07 bits per heavy atom. The molecular weight excluding hydrogens is 366 g/mol. The van der Waals surface area contributed by atoms with Gasteiger partial charge in [0.25, 0.3) is 11.5 Å². The van der Waals surface area contributed by atoms with Gasteiger partial charge in [0.1, 0.15) is 17.4 Å². The summed E-state index contributed by atoms with van der Waals surface area (Å²) in [6, 6.07) is 6.24. The van der Waals surface area contributed by atoms with Crippen molar-refractivity contribution in [1.82, 2.24) is 0 Å². The van der Waals surface area contributed by atoms with Gasteiger partial charge in [-0.25, -0.2) is 9.59 Å². The highest BCUT2D eigenvalue weighted by Crippen LogP contribution is 2.38. The normalized spacial score (nSPS) is 23.5. The number of para-hydroxylation sites is 1. The SMILES string of the molecule is O=C1OC2(CCCCC2)OC(=O)C1=CC1CC=C(c2ccccc2[N+](=O)[O-])O1. The minimum atomic E-state index is -1.13. The first-order chi connectivity index (χ1) is 13.5. The average molecular weight is 385 g/mol. The number of ether oxygens (including phenoxy) is 3. The van der Waals surface area contributed by atoms with Crippen molar-refractivity contribution in [3.8, 4) is 0 Å². The molecule has 8 heteroatoms. The molecule has 1 atom stereocenters. The highest BCUT2D eigenvalue weighted by molar-refractivity contribution is 6.15. The monoisotopic (exact) mass is 385 g/mol. The van der Waals surface area contributed by atoms with Crippen LogP contribution in [0.1, 0.15) is 44.1 Å². The molecular formula is C20H19NO7. The van der Waals surface area contributed by atoms with Crippen molar-refractivity contribution < 1.29 is 28.7 Å². The minimum Gasteiger partial charge on any atom is -0.485 e. The lowest BCUT2D eigenvalue weighted by Crippen LogP contribution is -2.47. The van der Waals surface area contributed by atoms with Crippen LogP contribution in [-0.4, -0.2) is 28.8 Å². The van der Waals surface area contributed by atoms with Crippen LogP contribution in [0.25, 0.3) is 5.76 Å². The van der Waals surface area contributed by atoms with E-state index in [1.54, 1.807) is 24.3 Å². The molecule has 1 saturated carbocycles. The van der Waals surface area contributed by atoms with Gasteiger partial charge < -0.3 is 14.2 Å². The number of nitro benzene ring substituents is 1. The van der Waals surface area contributed by atoms with Crippen LogP contribution in [0.3, 0.4) is 0 Å². The molecule has 0 amide bonds. The van der Waals surface area contributed by atoms with Crippen molar-refractivity contribution in [2.24, 2.45) is 0 Å². The van der Waals surface area contributed by atoms with Crippen molar-refractivity contribution in [3.63, 3.8) is 0 Å². The Balaban J connectivity index is 1.49. The molecule has 0 aromatic heterocycles. The van der Waals surface area contributed by atoms with E-state index < -0.39 is 28.8 Å². The Kier molecular flexibility index (Phi) is 4.62. The molecule has 146 valence electrons. The molecule has 1 spiro atoms. The third-order valence-corrected chi connectivity index (χ3v) is 5.15. The fourth-order valence-electron chi connectivity index (χ4n) is 3.77. The van der Waals surface area contributed by atoms with Crippen molar-refractivity contribution in [1.29, 1.82) is 0 Å². The van der Waals surface area contributed by atoms with Crippen LogP contribution in [0, 0.1) is 10.1 Å². The van der Waals surface area contributed by atoms with Crippen molar-refractivity contribution in [2.45, 2.75) is 50.4 Å². The molecule has 4 rings (SSSR count).